The largest absolute Gasteiger partial charge is 0.497 e. The lowest BCUT2D eigenvalue weighted by molar-refractivity contribution is -0.117. The van der Waals surface area contributed by atoms with Gasteiger partial charge in [0, 0.05) is 36.1 Å². The highest BCUT2D eigenvalue weighted by atomic mass is 16.5. The zero-order valence-corrected chi connectivity index (χ0v) is 18.9. The van der Waals surface area contributed by atoms with Crippen LogP contribution in [0.5, 0.6) is 5.75 Å². The molecule has 34 heavy (non-hydrogen) atoms. The molecule has 10 nitrogen and oxygen atoms in total. The predicted octanol–water partition coefficient (Wildman–Crippen LogP) is 3.69. The van der Waals surface area contributed by atoms with Crippen molar-refractivity contribution in [2.24, 2.45) is 0 Å². The van der Waals surface area contributed by atoms with Gasteiger partial charge in [0.1, 0.15) is 17.3 Å². The van der Waals surface area contributed by atoms with E-state index < -0.39 is 0 Å². The molecule has 1 saturated carbocycles. The molecule has 10 heteroatoms. The second-order valence-electron chi connectivity index (χ2n) is 8.78. The zero-order chi connectivity index (χ0) is 23.1. The number of rotatable bonds is 7. The van der Waals surface area contributed by atoms with Crippen molar-refractivity contribution in [3.05, 3.63) is 54.4 Å². The maximum atomic E-state index is 13.1. The number of benzene rings is 1. The number of nitrogens with zero attached hydrogens (tertiary/aromatic N) is 5. The van der Waals surface area contributed by atoms with E-state index >= 15 is 0 Å². The second kappa shape index (κ2) is 8.36. The minimum atomic E-state index is -0.352. The third-order valence-electron chi connectivity index (χ3n) is 6.41. The summed E-state index contributed by atoms with van der Waals surface area (Å²) in [5.74, 6) is 3.16. The van der Waals surface area contributed by atoms with Crippen molar-refractivity contribution < 1.29 is 9.53 Å². The van der Waals surface area contributed by atoms with Crippen LogP contribution in [-0.4, -0.2) is 50.4 Å². The quantitative estimate of drug-likeness (QED) is 0.387. The van der Waals surface area contributed by atoms with Gasteiger partial charge in [-0.1, -0.05) is 0 Å². The number of aromatic nitrogens is 5. The highest BCUT2D eigenvalue weighted by Gasteiger charge is 2.33. The molecule has 4 aromatic rings. The molecule has 0 bridgehead atoms. The molecule has 0 radical (unpaired) electrons. The molecular weight excluding hydrogens is 432 g/mol. The Balaban J connectivity index is 1.25. The molecule has 1 aliphatic carbocycles. The highest BCUT2D eigenvalue weighted by molar-refractivity contribution is 5.97. The van der Waals surface area contributed by atoms with Crippen molar-refractivity contribution in [3.63, 3.8) is 0 Å². The number of methoxy groups -OCH3 is 1. The SMILES string of the molecule is COc1ccc(NC(=O)[C@@H]2CCCN2c2nc(Nc3cc(C4CC4)[nH]n3)c3cccn3n2)cc1. The normalized spacial score (nSPS) is 17.8. The van der Waals surface area contributed by atoms with E-state index in [0.717, 1.165) is 41.3 Å². The summed E-state index contributed by atoms with van der Waals surface area (Å²) in [5, 5.41) is 18.6. The fraction of sp³-hybridized carbons (Fsp3) is 0.333. The Morgan fingerprint density at radius 1 is 1.18 bits per heavy atom. The lowest BCUT2D eigenvalue weighted by Gasteiger charge is -2.24. The summed E-state index contributed by atoms with van der Waals surface area (Å²) in [6.45, 7) is 0.709. The molecule has 2 fully saturated rings. The second-order valence-corrected chi connectivity index (χ2v) is 8.78. The summed E-state index contributed by atoms with van der Waals surface area (Å²) in [6, 6.07) is 12.9. The Morgan fingerprint density at radius 2 is 2.03 bits per heavy atom. The Morgan fingerprint density at radius 3 is 2.82 bits per heavy atom. The van der Waals surface area contributed by atoms with Crippen molar-refractivity contribution >= 4 is 34.7 Å². The number of fused-ring (bicyclic) bond motifs is 1. The molecule has 4 heterocycles. The van der Waals surface area contributed by atoms with Crippen LogP contribution in [0.2, 0.25) is 0 Å². The molecule has 3 N–H and O–H groups in total. The van der Waals surface area contributed by atoms with E-state index in [9.17, 15) is 4.79 Å². The molecular formula is C24H26N8O2. The smallest absolute Gasteiger partial charge is 0.247 e. The Hall–Kier alpha value is -4.08. The average molecular weight is 459 g/mol. The fourth-order valence-corrected chi connectivity index (χ4v) is 4.44. The van der Waals surface area contributed by atoms with Crippen molar-refractivity contribution in [2.45, 2.75) is 37.6 Å². The summed E-state index contributed by atoms with van der Waals surface area (Å²) in [6.07, 6.45) is 5.92. The van der Waals surface area contributed by atoms with Gasteiger partial charge in [0.25, 0.3) is 0 Å². The van der Waals surface area contributed by atoms with Crippen LogP contribution >= 0.6 is 0 Å². The van der Waals surface area contributed by atoms with Gasteiger partial charge in [-0.25, -0.2) is 4.52 Å². The molecule has 1 atom stereocenters. The summed E-state index contributed by atoms with van der Waals surface area (Å²) in [7, 11) is 1.62. The van der Waals surface area contributed by atoms with E-state index in [1.54, 1.807) is 11.6 Å². The Kier molecular flexibility index (Phi) is 5.05. The molecule has 1 amide bonds. The monoisotopic (exact) mass is 458 g/mol. The van der Waals surface area contributed by atoms with Crippen molar-refractivity contribution in [1.29, 1.82) is 0 Å². The Labute approximate surface area is 196 Å². The maximum absolute atomic E-state index is 13.1. The molecule has 0 spiro atoms. The van der Waals surface area contributed by atoms with Gasteiger partial charge in [-0.3, -0.25) is 9.89 Å². The maximum Gasteiger partial charge on any atom is 0.247 e. The molecule has 1 aliphatic heterocycles. The van der Waals surface area contributed by atoms with Crippen LogP contribution in [0.25, 0.3) is 5.52 Å². The fourth-order valence-electron chi connectivity index (χ4n) is 4.44. The summed E-state index contributed by atoms with van der Waals surface area (Å²) in [4.78, 5) is 19.9. The summed E-state index contributed by atoms with van der Waals surface area (Å²) in [5.41, 5.74) is 2.72. The van der Waals surface area contributed by atoms with Crippen LogP contribution in [0.4, 0.5) is 23.3 Å². The van der Waals surface area contributed by atoms with Crippen LogP contribution in [-0.2, 0) is 4.79 Å². The third-order valence-corrected chi connectivity index (χ3v) is 6.41. The number of aromatic amines is 1. The van der Waals surface area contributed by atoms with Crippen LogP contribution < -0.4 is 20.3 Å². The zero-order valence-electron chi connectivity index (χ0n) is 18.9. The van der Waals surface area contributed by atoms with Gasteiger partial charge in [0.2, 0.25) is 11.9 Å². The molecule has 1 saturated heterocycles. The predicted molar refractivity (Wildman–Crippen MR) is 129 cm³/mol. The lowest BCUT2D eigenvalue weighted by Crippen LogP contribution is -2.40. The standard InChI is InChI=1S/C24H26N8O2/c1-34-17-10-8-16(9-11-17)25-23(33)20-5-2-12-31(20)24-27-22(19-4-3-13-32(19)30-24)26-21-14-18(28-29-21)15-6-7-15/h3-4,8-11,13-15,20H,2,5-7,12H2,1H3,(H,25,33)(H2,26,27,28,29,30)/t20-/m0/s1. The van der Waals surface area contributed by atoms with E-state index in [4.69, 9.17) is 14.8 Å². The van der Waals surface area contributed by atoms with Gasteiger partial charge in [0.15, 0.2) is 11.6 Å². The minimum Gasteiger partial charge on any atom is -0.497 e. The van der Waals surface area contributed by atoms with E-state index in [1.807, 2.05) is 53.6 Å². The number of hydrogen-bond acceptors (Lipinski definition) is 7. The van der Waals surface area contributed by atoms with Crippen molar-refractivity contribution in [3.8, 4) is 5.75 Å². The third kappa shape index (κ3) is 3.91. The number of carbonyl (C=O) groups excluding carboxylic acids is 1. The number of ether oxygens (including phenoxy) is 1. The Bertz CT molecular complexity index is 1320. The van der Waals surface area contributed by atoms with Gasteiger partial charge in [-0.2, -0.15) is 10.1 Å². The van der Waals surface area contributed by atoms with Gasteiger partial charge < -0.3 is 20.3 Å². The van der Waals surface area contributed by atoms with Crippen LogP contribution in [0.3, 0.4) is 0 Å². The summed E-state index contributed by atoms with van der Waals surface area (Å²) < 4.78 is 6.98. The lowest BCUT2D eigenvalue weighted by atomic mass is 10.2. The number of nitrogens with one attached hydrogen (secondary N) is 3. The molecule has 1 aromatic carbocycles. The van der Waals surface area contributed by atoms with E-state index in [0.29, 0.717) is 24.2 Å². The number of hydrogen-bond donors (Lipinski definition) is 3. The number of amides is 1. The first-order valence-corrected chi connectivity index (χ1v) is 11.6. The minimum absolute atomic E-state index is 0.0743. The van der Waals surface area contributed by atoms with Crippen LogP contribution in [0.1, 0.15) is 37.3 Å². The number of anilines is 4. The van der Waals surface area contributed by atoms with Gasteiger partial charge in [-0.15, -0.1) is 5.10 Å². The average Bonchev–Trinajstić information content (AvgIpc) is 3.24. The van der Waals surface area contributed by atoms with Crippen LogP contribution in [0, 0.1) is 0 Å². The molecule has 2 aliphatic rings. The summed E-state index contributed by atoms with van der Waals surface area (Å²) >= 11 is 0. The number of carbonyl (C=O) groups is 1. The van der Waals surface area contributed by atoms with E-state index in [2.05, 4.69) is 20.8 Å². The first kappa shape index (κ1) is 20.5. The van der Waals surface area contributed by atoms with Gasteiger partial charge >= 0.3 is 0 Å². The van der Waals surface area contributed by atoms with E-state index in [1.165, 1.54) is 12.8 Å². The molecule has 3 aromatic heterocycles. The highest BCUT2D eigenvalue weighted by Crippen LogP contribution is 2.39. The topological polar surface area (TPSA) is 112 Å². The van der Waals surface area contributed by atoms with Crippen molar-refractivity contribution in [1.82, 2.24) is 24.8 Å². The molecule has 6 rings (SSSR count). The molecule has 0 unspecified atom stereocenters. The molecule has 174 valence electrons. The first-order valence-electron chi connectivity index (χ1n) is 11.6. The van der Waals surface area contributed by atoms with Gasteiger partial charge in [0.05, 0.1) is 7.11 Å². The van der Waals surface area contributed by atoms with E-state index in [-0.39, 0.29) is 11.9 Å². The van der Waals surface area contributed by atoms with Crippen LogP contribution in [0.15, 0.2) is 48.7 Å². The number of H-pyrrole nitrogens is 1. The van der Waals surface area contributed by atoms with Gasteiger partial charge in [-0.05, 0) is 62.1 Å². The first-order chi connectivity index (χ1) is 16.7. The van der Waals surface area contributed by atoms with Crippen molar-refractivity contribution in [2.75, 3.05) is 29.2 Å².